The van der Waals surface area contributed by atoms with Gasteiger partial charge in [-0.05, 0) is 54.6 Å². The number of carbonyl (C=O) groups is 1. The number of para-hydroxylation sites is 1. The number of nitrogens with zero attached hydrogens (tertiary/aromatic N) is 3. The minimum Gasteiger partial charge on any atom is -0.302 e. The number of hydrogen-bond donors (Lipinski definition) is 0. The fourth-order valence-electron chi connectivity index (χ4n) is 3.53. The first-order valence-electron chi connectivity index (χ1n) is 10.9. The first-order valence-corrected chi connectivity index (χ1v) is 12.9. The monoisotopic (exact) mass is 455 g/mol. The Morgan fingerprint density at radius 2 is 1.71 bits per heavy atom. The second-order valence-corrected chi connectivity index (χ2v) is 10.5. The minimum atomic E-state index is 0.0115. The van der Waals surface area contributed by atoms with Gasteiger partial charge in [0.2, 0.25) is 0 Å². The molecule has 0 bridgehead atoms. The van der Waals surface area contributed by atoms with Crippen molar-refractivity contribution in [1.29, 1.82) is 0 Å². The standard InChI is InChI=1S/C25H33N3OS2/c1-7-27(8-2)16-17-28(23(29)18-12-14-19(15-13-18)25(3,4)5)24-26-22-20(30-6)10-9-11-21(22)31-24/h9-15H,7-8,16-17H2,1-6H3. The lowest BCUT2D eigenvalue weighted by Gasteiger charge is -2.25. The summed E-state index contributed by atoms with van der Waals surface area (Å²) in [5, 5.41) is 0.772. The lowest BCUT2D eigenvalue weighted by Crippen LogP contribution is -2.38. The van der Waals surface area contributed by atoms with Crippen molar-refractivity contribution < 1.29 is 4.79 Å². The summed E-state index contributed by atoms with van der Waals surface area (Å²) < 4.78 is 1.12. The van der Waals surface area contributed by atoms with E-state index in [1.54, 1.807) is 23.1 Å². The van der Waals surface area contributed by atoms with Crippen molar-refractivity contribution in [1.82, 2.24) is 9.88 Å². The average molecular weight is 456 g/mol. The van der Waals surface area contributed by atoms with E-state index < -0.39 is 0 Å². The Morgan fingerprint density at radius 1 is 1.03 bits per heavy atom. The molecule has 3 aromatic rings. The molecule has 0 aliphatic rings. The SMILES string of the molecule is CCN(CC)CCN(C(=O)c1ccc(C(C)(C)C)cc1)c1nc2c(SC)cccc2s1. The van der Waals surface area contributed by atoms with Crippen LogP contribution in [0, 0.1) is 0 Å². The number of likely N-dealkylation sites (N-methyl/N-ethyl adjacent to an activating group) is 1. The molecule has 0 N–H and O–H groups in total. The topological polar surface area (TPSA) is 36.4 Å². The van der Waals surface area contributed by atoms with E-state index in [9.17, 15) is 4.79 Å². The number of aromatic nitrogens is 1. The molecule has 166 valence electrons. The fourth-order valence-corrected chi connectivity index (χ4v) is 5.17. The fraction of sp³-hybridized carbons (Fsp3) is 0.440. The molecule has 0 atom stereocenters. The lowest BCUT2D eigenvalue weighted by atomic mass is 9.86. The summed E-state index contributed by atoms with van der Waals surface area (Å²) in [7, 11) is 0. The van der Waals surface area contributed by atoms with Gasteiger partial charge in [0, 0.05) is 23.5 Å². The Labute approximate surface area is 194 Å². The van der Waals surface area contributed by atoms with Crippen LogP contribution < -0.4 is 4.90 Å². The van der Waals surface area contributed by atoms with Gasteiger partial charge in [0.1, 0.15) is 0 Å². The van der Waals surface area contributed by atoms with E-state index in [0.29, 0.717) is 12.1 Å². The zero-order valence-corrected chi connectivity index (χ0v) is 21.1. The molecule has 1 heterocycles. The van der Waals surface area contributed by atoms with E-state index in [0.717, 1.165) is 39.9 Å². The smallest absolute Gasteiger partial charge is 0.260 e. The Kier molecular flexibility index (Phi) is 7.78. The van der Waals surface area contributed by atoms with Gasteiger partial charge in [0.15, 0.2) is 5.13 Å². The van der Waals surface area contributed by atoms with Gasteiger partial charge in [-0.25, -0.2) is 4.98 Å². The van der Waals surface area contributed by atoms with E-state index in [1.165, 1.54) is 5.56 Å². The van der Waals surface area contributed by atoms with Crippen LogP contribution in [0.15, 0.2) is 47.4 Å². The largest absolute Gasteiger partial charge is 0.302 e. The molecule has 1 aromatic heterocycles. The third-order valence-corrected chi connectivity index (χ3v) is 7.41. The maximum atomic E-state index is 13.6. The van der Waals surface area contributed by atoms with Gasteiger partial charge in [0.25, 0.3) is 5.91 Å². The maximum Gasteiger partial charge on any atom is 0.260 e. The Morgan fingerprint density at radius 3 is 2.29 bits per heavy atom. The molecular weight excluding hydrogens is 422 g/mol. The van der Waals surface area contributed by atoms with Crippen molar-refractivity contribution in [2.45, 2.75) is 44.9 Å². The predicted molar refractivity (Wildman–Crippen MR) is 136 cm³/mol. The minimum absolute atomic E-state index is 0.0115. The van der Waals surface area contributed by atoms with Crippen molar-refractivity contribution in [3.8, 4) is 0 Å². The molecule has 2 aromatic carbocycles. The third kappa shape index (κ3) is 5.48. The number of thioether (sulfide) groups is 1. The van der Waals surface area contributed by atoms with Gasteiger partial charge in [-0.1, -0.05) is 64.2 Å². The van der Waals surface area contributed by atoms with E-state index in [1.807, 2.05) is 17.0 Å². The van der Waals surface area contributed by atoms with E-state index in [-0.39, 0.29) is 11.3 Å². The van der Waals surface area contributed by atoms with Crippen LogP contribution in [0.2, 0.25) is 0 Å². The number of hydrogen-bond acceptors (Lipinski definition) is 5. The summed E-state index contributed by atoms with van der Waals surface area (Å²) in [6.45, 7) is 14.2. The Hall–Kier alpha value is -1.89. The molecule has 0 radical (unpaired) electrons. The molecule has 0 saturated carbocycles. The molecule has 0 aliphatic heterocycles. The molecule has 31 heavy (non-hydrogen) atoms. The number of benzene rings is 2. The normalized spacial score (nSPS) is 12.0. The maximum absolute atomic E-state index is 13.6. The van der Waals surface area contributed by atoms with Crippen LogP contribution in [-0.4, -0.2) is 48.2 Å². The number of rotatable bonds is 8. The zero-order valence-electron chi connectivity index (χ0n) is 19.4. The van der Waals surface area contributed by atoms with Crippen molar-refractivity contribution in [2.75, 3.05) is 37.3 Å². The zero-order chi connectivity index (χ0) is 22.6. The highest BCUT2D eigenvalue weighted by Crippen LogP contribution is 2.34. The average Bonchev–Trinajstić information content (AvgIpc) is 3.20. The van der Waals surface area contributed by atoms with Crippen molar-refractivity contribution in [3.63, 3.8) is 0 Å². The molecule has 0 unspecified atom stereocenters. The van der Waals surface area contributed by atoms with Crippen LogP contribution >= 0.6 is 23.1 Å². The summed E-state index contributed by atoms with van der Waals surface area (Å²) in [4.78, 5) is 23.8. The Bertz CT molecular complexity index is 1020. The van der Waals surface area contributed by atoms with Crippen LogP contribution in [0.1, 0.15) is 50.5 Å². The van der Waals surface area contributed by atoms with Gasteiger partial charge in [-0.2, -0.15) is 0 Å². The highest BCUT2D eigenvalue weighted by molar-refractivity contribution is 7.98. The molecule has 0 saturated heterocycles. The molecule has 1 amide bonds. The molecule has 0 aliphatic carbocycles. The van der Waals surface area contributed by atoms with Crippen molar-refractivity contribution in [2.24, 2.45) is 0 Å². The van der Waals surface area contributed by atoms with E-state index in [4.69, 9.17) is 4.98 Å². The second-order valence-electron chi connectivity index (χ2n) is 8.61. The second kappa shape index (κ2) is 10.2. The van der Waals surface area contributed by atoms with Gasteiger partial charge < -0.3 is 4.90 Å². The number of amides is 1. The van der Waals surface area contributed by atoms with E-state index >= 15 is 0 Å². The number of thiazole rings is 1. The third-order valence-electron chi connectivity index (χ3n) is 5.60. The van der Waals surface area contributed by atoms with Gasteiger partial charge in [0.05, 0.1) is 10.2 Å². The van der Waals surface area contributed by atoms with Crippen LogP contribution in [0.5, 0.6) is 0 Å². The summed E-state index contributed by atoms with van der Waals surface area (Å²) in [6, 6.07) is 14.3. The quantitative estimate of drug-likeness (QED) is 0.373. The van der Waals surface area contributed by atoms with Gasteiger partial charge in [-0.3, -0.25) is 9.69 Å². The predicted octanol–water partition coefficient (Wildman–Crippen LogP) is 6.30. The molecule has 0 spiro atoms. The number of carbonyl (C=O) groups excluding carboxylic acids is 1. The van der Waals surface area contributed by atoms with Gasteiger partial charge in [-0.15, -0.1) is 11.8 Å². The van der Waals surface area contributed by atoms with Crippen LogP contribution in [-0.2, 0) is 5.41 Å². The summed E-state index contributed by atoms with van der Waals surface area (Å²) in [5.74, 6) is 0.0115. The van der Waals surface area contributed by atoms with E-state index in [2.05, 4.69) is 76.1 Å². The Balaban J connectivity index is 1.97. The molecule has 6 heteroatoms. The first kappa shape index (κ1) is 23.8. The van der Waals surface area contributed by atoms with Gasteiger partial charge >= 0.3 is 0 Å². The summed E-state index contributed by atoms with van der Waals surface area (Å²) >= 11 is 3.28. The molecule has 3 rings (SSSR count). The molecule has 0 fully saturated rings. The van der Waals surface area contributed by atoms with Crippen LogP contribution in [0.3, 0.4) is 0 Å². The van der Waals surface area contributed by atoms with Crippen LogP contribution in [0.4, 0.5) is 5.13 Å². The van der Waals surface area contributed by atoms with Crippen molar-refractivity contribution >= 4 is 44.4 Å². The lowest BCUT2D eigenvalue weighted by molar-refractivity contribution is 0.0983. The number of fused-ring (bicyclic) bond motifs is 1. The van der Waals surface area contributed by atoms with Crippen molar-refractivity contribution in [3.05, 3.63) is 53.6 Å². The first-order chi connectivity index (χ1) is 14.8. The van der Waals surface area contributed by atoms with Crippen LogP contribution in [0.25, 0.3) is 10.2 Å². The molecule has 4 nitrogen and oxygen atoms in total. The molecular formula is C25H33N3OS2. The summed E-state index contributed by atoms with van der Waals surface area (Å²) in [5.41, 5.74) is 2.98. The number of anilines is 1. The highest BCUT2D eigenvalue weighted by Gasteiger charge is 2.23. The summed E-state index contributed by atoms with van der Waals surface area (Å²) in [6.07, 6.45) is 2.06. The highest BCUT2D eigenvalue weighted by atomic mass is 32.2.